The highest BCUT2D eigenvalue weighted by molar-refractivity contribution is 5.82. The Hall–Kier alpha value is -3.78. The van der Waals surface area contributed by atoms with Crippen molar-refractivity contribution in [3.8, 4) is 22.8 Å². The highest BCUT2D eigenvalue weighted by Crippen LogP contribution is 2.34. The SMILES string of the molecule is COc1cc(OC)cc(N(CCCO)c2ccc3ncc(-c4ccnc(F)c4)nc3c2)c1. The number of anilines is 2. The van der Waals surface area contributed by atoms with E-state index in [1.807, 2.05) is 30.3 Å². The monoisotopic (exact) mass is 434 g/mol. The molecule has 0 fully saturated rings. The van der Waals surface area contributed by atoms with Crippen LogP contribution in [0.15, 0.2) is 60.9 Å². The van der Waals surface area contributed by atoms with Gasteiger partial charge >= 0.3 is 0 Å². The van der Waals surface area contributed by atoms with Crippen molar-refractivity contribution in [1.82, 2.24) is 15.0 Å². The van der Waals surface area contributed by atoms with Gasteiger partial charge in [-0.25, -0.2) is 9.97 Å². The normalized spacial score (nSPS) is 10.9. The third-order valence-electron chi connectivity index (χ3n) is 5.05. The number of nitrogens with zero attached hydrogens (tertiary/aromatic N) is 4. The molecule has 1 N–H and O–H groups in total. The summed E-state index contributed by atoms with van der Waals surface area (Å²) in [6.45, 7) is 0.629. The lowest BCUT2D eigenvalue weighted by Crippen LogP contribution is -2.19. The number of halogens is 1. The molecular weight excluding hydrogens is 411 g/mol. The van der Waals surface area contributed by atoms with Crippen LogP contribution < -0.4 is 14.4 Å². The molecule has 8 heteroatoms. The fourth-order valence-corrected chi connectivity index (χ4v) is 3.45. The molecule has 0 spiro atoms. The molecule has 0 unspecified atom stereocenters. The van der Waals surface area contributed by atoms with Gasteiger partial charge in [0.1, 0.15) is 11.5 Å². The van der Waals surface area contributed by atoms with Crippen molar-refractivity contribution >= 4 is 22.4 Å². The van der Waals surface area contributed by atoms with Gasteiger partial charge in [-0.2, -0.15) is 4.39 Å². The summed E-state index contributed by atoms with van der Waals surface area (Å²) < 4.78 is 24.4. The molecular formula is C24H23FN4O3. The second-order valence-corrected chi connectivity index (χ2v) is 7.10. The lowest BCUT2D eigenvalue weighted by Gasteiger charge is -2.26. The molecule has 0 saturated heterocycles. The molecule has 32 heavy (non-hydrogen) atoms. The van der Waals surface area contributed by atoms with E-state index in [0.29, 0.717) is 41.2 Å². The molecule has 0 radical (unpaired) electrons. The molecule has 0 amide bonds. The smallest absolute Gasteiger partial charge is 0.213 e. The van der Waals surface area contributed by atoms with E-state index >= 15 is 0 Å². The molecule has 0 aliphatic heterocycles. The fraction of sp³-hybridized carbons (Fsp3) is 0.208. The molecule has 0 aliphatic rings. The maximum atomic E-state index is 13.6. The van der Waals surface area contributed by atoms with Gasteiger partial charge in [0, 0.05) is 60.6 Å². The predicted molar refractivity (Wildman–Crippen MR) is 121 cm³/mol. The van der Waals surface area contributed by atoms with Crippen molar-refractivity contribution in [2.45, 2.75) is 6.42 Å². The van der Waals surface area contributed by atoms with Crippen molar-refractivity contribution in [2.75, 3.05) is 32.3 Å². The van der Waals surface area contributed by atoms with Crippen molar-refractivity contribution in [2.24, 2.45) is 0 Å². The third-order valence-corrected chi connectivity index (χ3v) is 5.05. The van der Waals surface area contributed by atoms with Crippen LogP contribution in [0.4, 0.5) is 15.8 Å². The van der Waals surface area contributed by atoms with Crippen molar-refractivity contribution in [3.63, 3.8) is 0 Å². The molecule has 164 valence electrons. The van der Waals surface area contributed by atoms with Gasteiger partial charge in [0.25, 0.3) is 0 Å². The Morgan fingerprint density at radius 1 is 0.906 bits per heavy atom. The van der Waals surface area contributed by atoms with E-state index in [2.05, 4.69) is 19.9 Å². The summed E-state index contributed by atoms with van der Waals surface area (Å²) in [5.41, 5.74) is 4.27. The van der Waals surface area contributed by atoms with E-state index in [9.17, 15) is 9.50 Å². The Morgan fingerprint density at radius 2 is 1.69 bits per heavy atom. The Labute approximate surface area is 185 Å². The van der Waals surface area contributed by atoms with Gasteiger partial charge in [-0.15, -0.1) is 0 Å². The van der Waals surface area contributed by atoms with E-state index in [4.69, 9.17) is 9.47 Å². The summed E-state index contributed by atoms with van der Waals surface area (Å²) in [6, 6.07) is 14.4. The van der Waals surface area contributed by atoms with Crippen molar-refractivity contribution in [1.29, 1.82) is 0 Å². The average Bonchev–Trinajstić information content (AvgIpc) is 2.83. The van der Waals surface area contributed by atoms with Crippen LogP contribution >= 0.6 is 0 Å². The highest BCUT2D eigenvalue weighted by atomic mass is 19.1. The maximum Gasteiger partial charge on any atom is 0.213 e. The third kappa shape index (κ3) is 4.60. The lowest BCUT2D eigenvalue weighted by molar-refractivity contribution is 0.291. The van der Waals surface area contributed by atoms with Crippen LogP contribution in [0, 0.1) is 5.95 Å². The van der Waals surface area contributed by atoms with E-state index in [-0.39, 0.29) is 6.61 Å². The van der Waals surface area contributed by atoms with Gasteiger partial charge in [-0.05, 0) is 30.7 Å². The molecule has 4 aromatic rings. The first-order valence-electron chi connectivity index (χ1n) is 10.1. The van der Waals surface area contributed by atoms with Crippen LogP contribution in [0.3, 0.4) is 0 Å². The molecule has 0 bridgehead atoms. The summed E-state index contributed by atoms with van der Waals surface area (Å²) >= 11 is 0. The minimum atomic E-state index is -0.569. The Bertz CT molecular complexity index is 1210. The number of hydrogen-bond acceptors (Lipinski definition) is 7. The molecule has 2 aromatic carbocycles. The van der Waals surface area contributed by atoms with Gasteiger partial charge in [0.05, 0.1) is 37.1 Å². The number of fused-ring (bicyclic) bond motifs is 1. The Morgan fingerprint density at radius 3 is 2.38 bits per heavy atom. The van der Waals surface area contributed by atoms with E-state index in [1.165, 1.54) is 12.3 Å². The van der Waals surface area contributed by atoms with Crippen LogP contribution in [-0.4, -0.2) is 47.4 Å². The number of aliphatic hydroxyl groups excluding tert-OH is 1. The van der Waals surface area contributed by atoms with E-state index < -0.39 is 5.95 Å². The summed E-state index contributed by atoms with van der Waals surface area (Å²) in [7, 11) is 3.21. The first-order valence-corrected chi connectivity index (χ1v) is 10.1. The van der Waals surface area contributed by atoms with Crippen LogP contribution in [0.5, 0.6) is 11.5 Å². The summed E-state index contributed by atoms with van der Waals surface area (Å²) in [5, 5.41) is 9.43. The minimum absolute atomic E-state index is 0.0583. The number of aromatic nitrogens is 3. The summed E-state index contributed by atoms with van der Waals surface area (Å²) in [4.78, 5) is 14.8. The first kappa shape index (κ1) is 21.5. The second-order valence-electron chi connectivity index (χ2n) is 7.10. The quantitative estimate of drug-likeness (QED) is 0.413. The Balaban J connectivity index is 1.79. The number of aliphatic hydroxyl groups is 1. The molecule has 2 aromatic heterocycles. The van der Waals surface area contributed by atoms with Crippen LogP contribution in [0.2, 0.25) is 0 Å². The van der Waals surface area contributed by atoms with Gasteiger partial charge in [-0.1, -0.05) is 0 Å². The summed E-state index contributed by atoms with van der Waals surface area (Å²) in [5.74, 6) is 0.757. The molecule has 0 saturated carbocycles. The van der Waals surface area contributed by atoms with E-state index in [0.717, 1.165) is 16.9 Å². The molecule has 0 atom stereocenters. The van der Waals surface area contributed by atoms with Gasteiger partial charge in [0.2, 0.25) is 5.95 Å². The van der Waals surface area contributed by atoms with Gasteiger partial charge in [-0.3, -0.25) is 4.98 Å². The zero-order chi connectivity index (χ0) is 22.5. The average molecular weight is 434 g/mol. The van der Waals surface area contributed by atoms with Crippen LogP contribution in [0.1, 0.15) is 6.42 Å². The van der Waals surface area contributed by atoms with Gasteiger partial charge < -0.3 is 19.5 Å². The number of methoxy groups -OCH3 is 2. The molecule has 7 nitrogen and oxygen atoms in total. The zero-order valence-corrected chi connectivity index (χ0v) is 17.8. The number of pyridine rings is 1. The van der Waals surface area contributed by atoms with E-state index in [1.54, 1.807) is 32.5 Å². The number of rotatable bonds is 8. The lowest BCUT2D eigenvalue weighted by atomic mass is 10.1. The van der Waals surface area contributed by atoms with Crippen LogP contribution in [-0.2, 0) is 0 Å². The minimum Gasteiger partial charge on any atom is -0.497 e. The molecule has 0 aliphatic carbocycles. The molecule has 2 heterocycles. The van der Waals surface area contributed by atoms with Crippen molar-refractivity contribution in [3.05, 3.63) is 66.9 Å². The first-order chi connectivity index (χ1) is 15.6. The van der Waals surface area contributed by atoms with Crippen molar-refractivity contribution < 1.29 is 19.0 Å². The number of hydrogen-bond donors (Lipinski definition) is 1. The summed E-state index contributed by atoms with van der Waals surface area (Å²) in [6.07, 6.45) is 3.59. The topological polar surface area (TPSA) is 80.6 Å². The second kappa shape index (κ2) is 9.57. The largest absolute Gasteiger partial charge is 0.497 e. The van der Waals surface area contributed by atoms with Gasteiger partial charge in [0.15, 0.2) is 0 Å². The standard InChI is InChI=1S/C24H23FN4O3/c1-31-19-11-18(12-20(14-19)32-2)29(8-3-9-30)17-4-5-21-22(13-17)28-23(15-27-21)16-6-7-26-24(25)10-16/h4-7,10-15,30H,3,8-9H2,1-2H3. The predicted octanol–water partition coefficient (Wildman–Crippen LogP) is 4.37. The molecule has 4 rings (SSSR count). The Kier molecular flexibility index (Phi) is 6.42. The zero-order valence-electron chi connectivity index (χ0n) is 17.8. The number of ether oxygens (including phenoxy) is 2. The number of benzene rings is 2. The van der Waals surface area contributed by atoms with Crippen LogP contribution in [0.25, 0.3) is 22.3 Å². The fourth-order valence-electron chi connectivity index (χ4n) is 3.45. The highest BCUT2D eigenvalue weighted by Gasteiger charge is 2.14. The maximum absolute atomic E-state index is 13.6.